The molecule has 1 aliphatic heterocycles. The number of carbonyl (C=O) groups excluding carboxylic acids is 1. The van der Waals surface area contributed by atoms with Gasteiger partial charge >= 0.3 is 0 Å². The Morgan fingerprint density at radius 1 is 0.885 bits per heavy atom. The van der Waals surface area contributed by atoms with Crippen molar-refractivity contribution in [2.45, 2.75) is 44.9 Å². The lowest BCUT2D eigenvalue weighted by Crippen LogP contribution is -2.46. The van der Waals surface area contributed by atoms with Gasteiger partial charge < -0.3 is 24.0 Å². The smallest absolute Gasteiger partial charge is 0.281 e. The Labute approximate surface area is 306 Å². The summed E-state index contributed by atoms with van der Waals surface area (Å²) in [4.78, 5) is 43.7. The minimum Gasteiger partial charge on any atom is -0.497 e. The van der Waals surface area contributed by atoms with E-state index in [-0.39, 0.29) is 29.6 Å². The summed E-state index contributed by atoms with van der Waals surface area (Å²) >= 11 is 1.34. The van der Waals surface area contributed by atoms with Crippen LogP contribution in [-0.2, 0) is 17.9 Å². The summed E-state index contributed by atoms with van der Waals surface area (Å²) in [5, 5.41) is 0.605. The van der Waals surface area contributed by atoms with Crippen LogP contribution >= 0.6 is 11.3 Å². The van der Waals surface area contributed by atoms with E-state index in [1.165, 1.54) is 11.3 Å². The first-order chi connectivity index (χ1) is 25.4. The quantitative estimate of drug-likeness (QED) is 0.130. The lowest BCUT2D eigenvalue weighted by atomic mass is 10.0. The molecular formula is C41H41N5O5S. The lowest BCUT2D eigenvalue weighted by molar-refractivity contribution is -0.135. The average molecular weight is 716 g/mol. The predicted octanol–water partition coefficient (Wildman–Crippen LogP) is 7.35. The van der Waals surface area contributed by atoms with Gasteiger partial charge in [0.1, 0.15) is 29.1 Å². The van der Waals surface area contributed by atoms with Crippen LogP contribution in [0.2, 0.25) is 0 Å². The van der Waals surface area contributed by atoms with Gasteiger partial charge in [-0.15, -0.1) is 0 Å². The highest BCUT2D eigenvalue weighted by atomic mass is 32.1. The number of hydrogen-bond donors (Lipinski definition) is 0. The van der Waals surface area contributed by atoms with Crippen molar-refractivity contribution in [1.29, 1.82) is 0 Å². The molecule has 52 heavy (non-hydrogen) atoms. The zero-order valence-electron chi connectivity index (χ0n) is 29.7. The molecule has 2 aromatic heterocycles. The van der Waals surface area contributed by atoms with Gasteiger partial charge in [0.25, 0.3) is 5.56 Å². The number of para-hydroxylation sites is 1. The number of aromatic nitrogens is 3. The number of ether oxygens (including phenoxy) is 3. The van der Waals surface area contributed by atoms with E-state index in [0.717, 1.165) is 23.1 Å². The molecule has 0 saturated carbocycles. The van der Waals surface area contributed by atoms with Crippen LogP contribution in [0.4, 0.5) is 5.13 Å². The summed E-state index contributed by atoms with van der Waals surface area (Å²) in [6.45, 7) is 3.37. The summed E-state index contributed by atoms with van der Waals surface area (Å²) in [5.41, 5.74) is 3.53. The molecule has 1 saturated heterocycles. The van der Waals surface area contributed by atoms with E-state index in [9.17, 15) is 9.59 Å². The second-order valence-electron chi connectivity index (χ2n) is 12.7. The van der Waals surface area contributed by atoms with E-state index in [2.05, 4.69) is 36.1 Å². The van der Waals surface area contributed by atoms with Crippen molar-refractivity contribution in [1.82, 2.24) is 19.4 Å². The normalized spacial score (nSPS) is 14.7. The fourth-order valence-electron chi connectivity index (χ4n) is 6.90. The van der Waals surface area contributed by atoms with Crippen LogP contribution in [0.25, 0.3) is 21.7 Å². The van der Waals surface area contributed by atoms with Crippen molar-refractivity contribution in [2.75, 3.05) is 32.8 Å². The Hall–Kier alpha value is -5.68. The third-order valence-corrected chi connectivity index (χ3v) is 10.7. The molecule has 266 valence electrons. The largest absolute Gasteiger partial charge is 0.497 e. The molecule has 0 radical (unpaired) electrons. The zero-order valence-corrected chi connectivity index (χ0v) is 30.5. The molecule has 3 heterocycles. The molecule has 4 aromatic carbocycles. The van der Waals surface area contributed by atoms with Gasteiger partial charge in [-0.2, -0.15) is 0 Å². The molecule has 0 spiro atoms. The van der Waals surface area contributed by atoms with E-state index >= 15 is 0 Å². The second kappa shape index (κ2) is 15.3. The van der Waals surface area contributed by atoms with Crippen LogP contribution in [0.1, 0.15) is 42.5 Å². The Balaban J connectivity index is 1.29. The molecule has 0 bridgehead atoms. The fraction of sp³-hybridized carbons (Fsp3) is 0.268. The van der Waals surface area contributed by atoms with Gasteiger partial charge in [-0.1, -0.05) is 84.1 Å². The van der Waals surface area contributed by atoms with Crippen molar-refractivity contribution < 1.29 is 19.0 Å². The second-order valence-corrected chi connectivity index (χ2v) is 13.7. The number of thiazole rings is 1. The van der Waals surface area contributed by atoms with Gasteiger partial charge in [0.2, 0.25) is 5.91 Å². The maximum absolute atomic E-state index is 14.6. The molecular weight excluding hydrogens is 675 g/mol. The zero-order chi connectivity index (χ0) is 36.2. The predicted molar refractivity (Wildman–Crippen MR) is 205 cm³/mol. The van der Waals surface area contributed by atoms with E-state index in [1.54, 1.807) is 32.0 Å². The summed E-state index contributed by atoms with van der Waals surface area (Å²) in [6, 6.07) is 32.6. The summed E-state index contributed by atoms with van der Waals surface area (Å²) in [7, 11) is 4.78. The third-order valence-electron chi connectivity index (χ3n) is 9.69. The number of nitrogens with zero attached hydrogens (tertiary/aromatic N) is 5. The molecule has 6 aromatic rings. The van der Waals surface area contributed by atoms with E-state index in [0.29, 0.717) is 58.1 Å². The Kier molecular flexibility index (Phi) is 10.2. The molecule has 0 aliphatic carbocycles. The van der Waals surface area contributed by atoms with Gasteiger partial charge in [-0.25, -0.2) is 9.97 Å². The Morgan fingerprint density at radius 2 is 1.60 bits per heavy atom. The summed E-state index contributed by atoms with van der Waals surface area (Å²) < 4.78 is 18.4. The van der Waals surface area contributed by atoms with Gasteiger partial charge in [0.05, 0.1) is 39.5 Å². The molecule has 1 fully saturated rings. The van der Waals surface area contributed by atoms with Crippen molar-refractivity contribution >= 4 is 32.7 Å². The first-order valence-corrected chi connectivity index (χ1v) is 18.1. The number of hydrogen-bond acceptors (Lipinski definition) is 9. The maximum atomic E-state index is 14.6. The van der Waals surface area contributed by atoms with Crippen LogP contribution in [0.3, 0.4) is 0 Å². The summed E-state index contributed by atoms with van der Waals surface area (Å²) in [5.74, 6) is 2.29. The number of benzene rings is 4. The number of fused-ring (bicyclic) bond motifs is 1. The molecule has 11 heteroatoms. The van der Waals surface area contributed by atoms with Crippen LogP contribution in [0.5, 0.6) is 17.2 Å². The molecule has 1 unspecified atom stereocenters. The highest BCUT2D eigenvalue weighted by Crippen LogP contribution is 2.37. The Morgan fingerprint density at radius 3 is 2.33 bits per heavy atom. The summed E-state index contributed by atoms with van der Waals surface area (Å²) in [6.07, 6.45) is 1.51. The molecule has 2 atom stereocenters. The number of amides is 1. The van der Waals surface area contributed by atoms with Gasteiger partial charge in [0.15, 0.2) is 15.5 Å². The molecule has 10 nitrogen and oxygen atoms in total. The fourth-order valence-corrected chi connectivity index (χ4v) is 7.90. The Bertz CT molecular complexity index is 2240. The SMILES string of the molecule is COc1ccc(Cn2c(-c3ccccc3OC)nc3sc(N4CCCC4C(=O)N(Cc4ccccc4)[C@H](C)c4ccccc4)nc3c2=O)c(OC)c1. The van der Waals surface area contributed by atoms with Gasteiger partial charge in [-0.3, -0.25) is 14.2 Å². The highest BCUT2D eigenvalue weighted by molar-refractivity contribution is 7.21. The average Bonchev–Trinajstić information content (AvgIpc) is 3.86. The van der Waals surface area contributed by atoms with Crippen LogP contribution in [0, 0.1) is 0 Å². The molecule has 1 aliphatic rings. The monoisotopic (exact) mass is 715 g/mol. The maximum Gasteiger partial charge on any atom is 0.281 e. The minimum atomic E-state index is -0.435. The molecule has 1 amide bonds. The molecule has 7 rings (SSSR count). The van der Waals surface area contributed by atoms with E-state index in [4.69, 9.17) is 24.2 Å². The first kappa shape index (κ1) is 34.8. The van der Waals surface area contributed by atoms with Gasteiger partial charge in [0, 0.05) is 24.7 Å². The lowest BCUT2D eigenvalue weighted by Gasteiger charge is -2.34. The first-order valence-electron chi connectivity index (χ1n) is 17.3. The number of anilines is 1. The van der Waals surface area contributed by atoms with Gasteiger partial charge in [-0.05, 0) is 55.2 Å². The van der Waals surface area contributed by atoms with Crippen molar-refractivity contribution in [2.24, 2.45) is 0 Å². The van der Waals surface area contributed by atoms with Crippen molar-refractivity contribution in [3.63, 3.8) is 0 Å². The van der Waals surface area contributed by atoms with Crippen molar-refractivity contribution in [3.8, 4) is 28.6 Å². The highest BCUT2D eigenvalue weighted by Gasteiger charge is 2.37. The van der Waals surface area contributed by atoms with Crippen molar-refractivity contribution in [3.05, 3.63) is 130 Å². The number of carbonyl (C=O) groups is 1. The number of methoxy groups -OCH3 is 3. The third kappa shape index (κ3) is 6.83. The van der Waals surface area contributed by atoms with Crippen LogP contribution in [-0.4, -0.2) is 59.3 Å². The van der Waals surface area contributed by atoms with E-state index in [1.807, 2.05) is 77.7 Å². The number of rotatable bonds is 12. The molecule has 0 N–H and O–H groups in total. The van der Waals surface area contributed by atoms with E-state index < -0.39 is 6.04 Å². The van der Waals surface area contributed by atoms with Crippen LogP contribution < -0.4 is 24.7 Å². The van der Waals surface area contributed by atoms with Crippen LogP contribution in [0.15, 0.2) is 108 Å². The minimum absolute atomic E-state index is 0.0312. The topological polar surface area (TPSA) is 99.0 Å². The standard InChI is InChI=1S/C41H41N5O5S/c1-27(29-16-9-6-10-17-29)45(25-28-14-7-5-8-15-28)39(47)33-19-13-23-44(33)41-42-36-38(52-41)43-37(32-18-11-12-20-34(32)50-3)46(40(36)48)26-30-21-22-31(49-2)24-35(30)51-4/h5-12,14-18,20-22,24,27,33H,13,19,23,25-26H2,1-4H3/t27-,33?/m1/s1.